The summed E-state index contributed by atoms with van der Waals surface area (Å²) in [6.07, 6.45) is -4.82. The molecule has 0 N–H and O–H groups in total. The molecule has 6 heteroatoms. The largest absolute Gasteiger partial charge is 0.419 e. The van der Waals surface area contributed by atoms with Gasteiger partial charge in [0, 0.05) is 18.7 Å². The third kappa shape index (κ3) is 3.95. The average Bonchev–Trinajstić information content (AvgIpc) is 2.34. The zero-order valence-corrected chi connectivity index (χ0v) is 12.7. The van der Waals surface area contributed by atoms with Crippen molar-refractivity contribution < 1.29 is 22.4 Å². The Labute approximate surface area is 121 Å². The summed E-state index contributed by atoms with van der Waals surface area (Å²) >= 11 is 0. The fourth-order valence-electron chi connectivity index (χ4n) is 1.84. The van der Waals surface area contributed by atoms with Gasteiger partial charge in [0.05, 0.1) is 5.56 Å². The number of benzene rings is 1. The van der Waals surface area contributed by atoms with E-state index in [4.69, 9.17) is 0 Å². The van der Waals surface area contributed by atoms with Gasteiger partial charge in [-0.15, -0.1) is 0 Å². The summed E-state index contributed by atoms with van der Waals surface area (Å²) in [4.78, 5) is 13.6. The van der Waals surface area contributed by atoms with Gasteiger partial charge in [0.25, 0.3) is 5.91 Å². The van der Waals surface area contributed by atoms with Crippen LogP contribution in [-0.4, -0.2) is 23.9 Å². The van der Waals surface area contributed by atoms with Crippen LogP contribution in [0, 0.1) is 11.2 Å². The fourth-order valence-corrected chi connectivity index (χ4v) is 1.84. The number of rotatable bonds is 2. The van der Waals surface area contributed by atoms with Gasteiger partial charge in [0.15, 0.2) is 0 Å². The minimum Gasteiger partial charge on any atom is -0.338 e. The fraction of sp³-hybridized carbons (Fsp3) is 0.533. The Hall–Kier alpha value is -1.59. The number of halogens is 4. The van der Waals surface area contributed by atoms with E-state index in [1.807, 2.05) is 27.7 Å². The normalized spacial score (nSPS) is 14.0. The van der Waals surface area contributed by atoms with Gasteiger partial charge < -0.3 is 4.90 Å². The zero-order chi connectivity index (χ0) is 16.6. The average molecular weight is 305 g/mol. The van der Waals surface area contributed by atoms with E-state index in [0.717, 1.165) is 6.07 Å². The van der Waals surface area contributed by atoms with Gasteiger partial charge in [0.2, 0.25) is 0 Å². The van der Waals surface area contributed by atoms with E-state index < -0.39 is 23.5 Å². The Balaban J connectivity index is 3.15. The van der Waals surface area contributed by atoms with E-state index in [0.29, 0.717) is 12.1 Å². The van der Waals surface area contributed by atoms with E-state index in [2.05, 4.69) is 0 Å². The molecule has 0 aromatic heterocycles. The van der Waals surface area contributed by atoms with E-state index in [1.54, 1.807) is 0 Å². The molecule has 0 spiro atoms. The van der Waals surface area contributed by atoms with Gasteiger partial charge >= 0.3 is 6.18 Å². The van der Waals surface area contributed by atoms with Crippen LogP contribution in [0.5, 0.6) is 0 Å². The third-order valence-corrected chi connectivity index (χ3v) is 3.67. The molecule has 0 fully saturated rings. The van der Waals surface area contributed by atoms with E-state index in [-0.39, 0.29) is 17.0 Å². The summed E-state index contributed by atoms with van der Waals surface area (Å²) in [7, 11) is 1.52. The highest BCUT2D eigenvalue weighted by molar-refractivity contribution is 5.94. The standard InChI is InChI=1S/C15H19F4NO/c1-9(14(2,3)4)20(5)13(21)10-6-7-12(16)11(8-10)15(17,18)19/h6-9H,1-5H3. The van der Waals surface area contributed by atoms with E-state index >= 15 is 0 Å². The Morgan fingerprint density at radius 1 is 1.19 bits per heavy atom. The lowest BCUT2D eigenvalue weighted by molar-refractivity contribution is -0.140. The van der Waals surface area contributed by atoms with E-state index in [9.17, 15) is 22.4 Å². The molecule has 1 atom stereocenters. The second-order valence-electron chi connectivity index (χ2n) is 6.15. The lowest BCUT2D eigenvalue weighted by atomic mass is 9.87. The Bertz CT molecular complexity index is 531. The quantitative estimate of drug-likeness (QED) is 0.744. The van der Waals surface area contributed by atoms with Crippen molar-refractivity contribution in [3.63, 3.8) is 0 Å². The molecule has 0 radical (unpaired) electrons. The molecule has 0 aliphatic rings. The molecule has 0 aliphatic heterocycles. The first-order valence-electron chi connectivity index (χ1n) is 6.49. The van der Waals surface area contributed by atoms with Crippen LogP contribution >= 0.6 is 0 Å². The summed E-state index contributed by atoms with van der Waals surface area (Å²) in [6.45, 7) is 7.58. The summed E-state index contributed by atoms with van der Waals surface area (Å²) < 4.78 is 51.3. The number of hydrogen-bond donors (Lipinski definition) is 0. The van der Waals surface area contributed by atoms with Gasteiger partial charge in [-0.25, -0.2) is 4.39 Å². The predicted octanol–water partition coefficient (Wildman–Crippen LogP) is 4.35. The van der Waals surface area contributed by atoms with Crippen molar-refractivity contribution in [2.24, 2.45) is 5.41 Å². The van der Waals surface area contributed by atoms with Crippen molar-refractivity contribution in [2.75, 3.05) is 7.05 Å². The maximum absolute atomic E-state index is 13.2. The highest BCUT2D eigenvalue weighted by atomic mass is 19.4. The smallest absolute Gasteiger partial charge is 0.338 e. The molecule has 2 nitrogen and oxygen atoms in total. The summed E-state index contributed by atoms with van der Waals surface area (Å²) in [5, 5.41) is 0. The SMILES string of the molecule is CC(N(C)C(=O)c1ccc(F)c(C(F)(F)F)c1)C(C)(C)C. The second-order valence-corrected chi connectivity index (χ2v) is 6.15. The van der Waals surface area contributed by atoms with Crippen molar-refractivity contribution in [3.05, 3.63) is 35.1 Å². The molecular formula is C15H19F4NO. The molecule has 0 aliphatic carbocycles. The molecule has 0 heterocycles. The maximum atomic E-state index is 13.2. The van der Waals surface area contributed by atoms with Crippen molar-refractivity contribution in [1.29, 1.82) is 0 Å². The Morgan fingerprint density at radius 3 is 2.14 bits per heavy atom. The third-order valence-electron chi connectivity index (χ3n) is 3.67. The zero-order valence-electron chi connectivity index (χ0n) is 12.7. The number of carbonyl (C=O) groups is 1. The molecule has 0 saturated heterocycles. The highest BCUT2D eigenvalue weighted by Crippen LogP contribution is 2.32. The van der Waals surface area contributed by atoms with Crippen LogP contribution in [0.1, 0.15) is 43.6 Å². The lowest BCUT2D eigenvalue weighted by Gasteiger charge is -2.35. The molecule has 21 heavy (non-hydrogen) atoms. The van der Waals surface area contributed by atoms with Gasteiger partial charge in [-0.2, -0.15) is 13.2 Å². The minimum atomic E-state index is -4.82. The summed E-state index contributed by atoms with van der Waals surface area (Å²) in [5.41, 5.74) is -1.83. The molecule has 0 saturated carbocycles. The van der Waals surface area contributed by atoms with Crippen LogP contribution in [0.15, 0.2) is 18.2 Å². The first-order chi connectivity index (χ1) is 9.35. The van der Waals surface area contributed by atoms with Gasteiger partial charge in [0.1, 0.15) is 5.82 Å². The van der Waals surface area contributed by atoms with Crippen LogP contribution in [0.3, 0.4) is 0 Å². The van der Waals surface area contributed by atoms with Gasteiger partial charge in [-0.1, -0.05) is 20.8 Å². The number of nitrogens with zero attached hydrogens (tertiary/aromatic N) is 1. The molecule has 118 valence electrons. The molecule has 1 rings (SSSR count). The Morgan fingerprint density at radius 2 is 1.71 bits per heavy atom. The highest BCUT2D eigenvalue weighted by Gasteiger charge is 2.35. The number of hydrogen-bond acceptors (Lipinski definition) is 1. The van der Waals surface area contributed by atoms with E-state index in [1.165, 1.54) is 11.9 Å². The minimum absolute atomic E-state index is 0.178. The van der Waals surface area contributed by atoms with Gasteiger partial charge in [-0.3, -0.25) is 4.79 Å². The monoisotopic (exact) mass is 305 g/mol. The van der Waals surface area contributed by atoms with Crippen molar-refractivity contribution in [1.82, 2.24) is 4.90 Å². The molecule has 0 bridgehead atoms. The first-order valence-corrected chi connectivity index (χ1v) is 6.49. The molecular weight excluding hydrogens is 286 g/mol. The second kappa shape index (κ2) is 5.66. The van der Waals surface area contributed by atoms with Gasteiger partial charge in [-0.05, 0) is 30.5 Å². The van der Waals surface area contributed by atoms with Crippen LogP contribution < -0.4 is 0 Å². The Kier molecular flexibility index (Phi) is 4.70. The van der Waals surface area contributed by atoms with Crippen molar-refractivity contribution in [3.8, 4) is 0 Å². The number of carbonyl (C=O) groups excluding carboxylic acids is 1. The van der Waals surface area contributed by atoms with Crippen LogP contribution in [0.4, 0.5) is 17.6 Å². The van der Waals surface area contributed by atoms with Crippen molar-refractivity contribution >= 4 is 5.91 Å². The summed E-state index contributed by atoms with van der Waals surface area (Å²) in [6, 6.07) is 2.11. The van der Waals surface area contributed by atoms with Crippen molar-refractivity contribution in [2.45, 2.75) is 39.9 Å². The molecule has 1 amide bonds. The summed E-state index contributed by atoms with van der Waals surface area (Å²) in [5.74, 6) is -1.95. The molecule has 1 aromatic carbocycles. The molecule has 1 aromatic rings. The predicted molar refractivity (Wildman–Crippen MR) is 72.4 cm³/mol. The number of amides is 1. The maximum Gasteiger partial charge on any atom is 0.419 e. The molecule has 1 unspecified atom stereocenters. The number of alkyl halides is 3. The van der Waals surface area contributed by atoms with Crippen LogP contribution in [0.2, 0.25) is 0 Å². The first kappa shape index (κ1) is 17.5. The van der Waals surface area contributed by atoms with Crippen LogP contribution in [0.25, 0.3) is 0 Å². The van der Waals surface area contributed by atoms with Crippen LogP contribution in [-0.2, 0) is 6.18 Å². The lowest BCUT2D eigenvalue weighted by Crippen LogP contribution is -2.43. The topological polar surface area (TPSA) is 20.3 Å².